The van der Waals surface area contributed by atoms with Gasteiger partial charge in [-0.05, 0) is 57.8 Å². The summed E-state index contributed by atoms with van der Waals surface area (Å²) in [6.45, 7) is 17.0. The smallest absolute Gasteiger partial charge is 0.0287 e. The highest BCUT2D eigenvalue weighted by Gasteiger charge is 2.43. The molecule has 0 unspecified atom stereocenters. The second kappa shape index (κ2) is 5.26. The third kappa shape index (κ3) is 3.69. The van der Waals surface area contributed by atoms with Crippen molar-refractivity contribution in [2.24, 2.45) is 11.3 Å². The summed E-state index contributed by atoms with van der Waals surface area (Å²) in [4.78, 5) is 2.72. The van der Waals surface area contributed by atoms with Crippen LogP contribution in [0.5, 0.6) is 0 Å². The van der Waals surface area contributed by atoms with Crippen LogP contribution >= 0.6 is 11.8 Å². The van der Waals surface area contributed by atoms with Crippen LogP contribution in [0, 0.1) is 11.3 Å². The molecule has 0 aromatic carbocycles. The second-order valence-corrected chi connectivity index (χ2v) is 10.3. The van der Waals surface area contributed by atoms with E-state index in [9.17, 15) is 0 Å². The lowest BCUT2D eigenvalue weighted by Crippen LogP contribution is -2.55. The van der Waals surface area contributed by atoms with Crippen LogP contribution in [0.3, 0.4) is 0 Å². The molecule has 2 heteroatoms. The SMILES string of the molecule is CC(C)(C)C1CCC2(CC1)CN(C(C)(C)C)CCS2. The van der Waals surface area contributed by atoms with Gasteiger partial charge in [0.25, 0.3) is 0 Å². The Morgan fingerprint density at radius 1 is 1.00 bits per heavy atom. The molecule has 0 radical (unpaired) electrons. The van der Waals surface area contributed by atoms with E-state index >= 15 is 0 Å². The fourth-order valence-corrected chi connectivity index (χ4v) is 5.25. The average molecular weight is 284 g/mol. The number of hydrogen-bond acceptors (Lipinski definition) is 2. The molecule has 0 N–H and O–H groups in total. The number of thioether (sulfide) groups is 1. The molecular weight excluding hydrogens is 250 g/mol. The fourth-order valence-electron chi connectivity index (χ4n) is 3.73. The van der Waals surface area contributed by atoms with E-state index in [-0.39, 0.29) is 0 Å². The maximum absolute atomic E-state index is 2.72. The lowest BCUT2D eigenvalue weighted by atomic mass is 9.69. The zero-order valence-electron chi connectivity index (χ0n) is 13.9. The van der Waals surface area contributed by atoms with Crippen LogP contribution in [0.1, 0.15) is 67.2 Å². The van der Waals surface area contributed by atoms with Crippen molar-refractivity contribution in [2.45, 2.75) is 77.5 Å². The number of nitrogens with zero attached hydrogens (tertiary/aromatic N) is 1. The Hall–Kier alpha value is 0.310. The summed E-state index contributed by atoms with van der Waals surface area (Å²) >= 11 is 2.28. The minimum Gasteiger partial charge on any atom is -0.296 e. The van der Waals surface area contributed by atoms with Crippen molar-refractivity contribution < 1.29 is 0 Å². The third-order valence-corrected chi connectivity index (χ3v) is 6.86. The van der Waals surface area contributed by atoms with E-state index in [4.69, 9.17) is 0 Å². The van der Waals surface area contributed by atoms with Gasteiger partial charge in [0.05, 0.1) is 0 Å². The molecule has 1 aliphatic heterocycles. The van der Waals surface area contributed by atoms with Gasteiger partial charge in [-0.3, -0.25) is 4.90 Å². The van der Waals surface area contributed by atoms with Crippen molar-refractivity contribution in [3.63, 3.8) is 0 Å². The molecule has 0 atom stereocenters. The molecule has 0 amide bonds. The Balaban J connectivity index is 1.98. The third-order valence-electron chi connectivity index (χ3n) is 5.32. The van der Waals surface area contributed by atoms with E-state index < -0.39 is 0 Å². The summed E-state index contributed by atoms with van der Waals surface area (Å²) < 4.78 is 0.577. The predicted octanol–water partition coefficient (Wildman–Crippen LogP) is 4.81. The average Bonchev–Trinajstić information content (AvgIpc) is 2.27. The number of rotatable bonds is 0. The van der Waals surface area contributed by atoms with E-state index in [1.807, 2.05) is 0 Å². The lowest BCUT2D eigenvalue weighted by Gasteiger charge is -2.51. The maximum atomic E-state index is 2.72. The normalized spacial score (nSPS) is 34.7. The fraction of sp³-hybridized carbons (Fsp3) is 1.00. The van der Waals surface area contributed by atoms with E-state index in [0.717, 1.165) is 5.92 Å². The van der Waals surface area contributed by atoms with Gasteiger partial charge >= 0.3 is 0 Å². The largest absolute Gasteiger partial charge is 0.296 e. The maximum Gasteiger partial charge on any atom is 0.0287 e. The number of hydrogen-bond donors (Lipinski definition) is 0. The molecule has 1 nitrogen and oxygen atoms in total. The monoisotopic (exact) mass is 283 g/mol. The zero-order chi connectivity index (χ0) is 14.3. The van der Waals surface area contributed by atoms with Crippen LogP contribution in [0.15, 0.2) is 0 Å². The topological polar surface area (TPSA) is 3.24 Å². The van der Waals surface area contributed by atoms with Crippen LogP contribution in [0.2, 0.25) is 0 Å². The molecule has 1 heterocycles. The molecule has 112 valence electrons. The predicted molar refractivity (Wildman–Crippen MR) is 87.9 cm³/mol. The van der Waals surface area contributed by atoms with Gasteiger partial charge in [0.1, 0.15) is 0 Å². The first-order valence-corrected chi connectivity index (χ1v) is 9.00. The van der Waals surface area contributed by atoms with Crippen molar-refractivity contribution in [2.75, 3.05) is 18.8 Å². The van der Waals surface area contributed by atoms with Crippen molar-refractivity contribution in [1.82, 2.24) is 4.90 Å². The van der Waals surface area contributed by atoms with E-state index in [0.29, 0.717) is 15.7 Å². The van der Waals surface area contributed by atoms with Gasteiger partial charge in [-0.25, -0.2) is 0 Å². The van der Waals surface area contributed by atoms with Gasteiger partial charge in [-0.1, -0.05) is 20.8 Å². The summed E-state index contributed by atoms with van der Waals surface area (Å²) in [5, 5.41) is 0. The van der Waals surface area contributed by atoms with Gasteiger partial charge in [0.2, 0.25) is 0 Å². The Morgan fingerprint density at radius 2 is 1.58 bits per heavy atom. The molecule has 0 aromatic rings. The van der Waals surface area contributed by atoms with Gasteiger partial charge in [-0.2, -0.15) is 11.8 Å². The van der Waals surface area contributed by atoms with Crippen LogP contribution in [-0.4, -0.2) is 34.0 Å². The molecule has 0 bridgehead atoms. The summed E-state index contributed by atoms with van der Waals surface area (Å²) in [6.07, 6.45) is 5.75. The summed E-state index contributed by atoms with van der Waals surface area (Å²) in [5.41, 5.74) is 0.847. The van der Waals surface area contributed by atoms with Crippen LogP contribution in [-0.2, 0) is 0 Å². The molecular formula is C17H33NS. The Morgan fingerprint density at radius 3 is 2.05 bits per heavy atom. The quantitative estimate of drug-likeness (QED) is 0.627. The Bertz CT molecular complexity index is 302. The molecule has 2 fully saturated rings. The summed E-state index contributed by atoms with van der Waals surface area (Å²) in [5.74, 6) is 2.26. The van der Waals surface area contributed by atoms with Gasteiger partial charge in [0.15, 0.2) is 0 Å². The van der Waals surface area contributed by atoms with Crippen LogP contribution in [0.4, 0.5) is 0 Å². The summed E-state index contributed by atoms with van der Waals surface area (Å²) in [7, 11) is 0. The van der Waals surface area contributed by atoms with Crippen molar-refractivity contribution >= 4 is 11.8 Å². The lowest BCUT2D eigenvalue weighted by molar-refractivity contribution is 0.0908. The van der Waals surface area contributed by atoms with Crippen molar-refractivity contribution in [3.8, 4) is 0 Å². The molecule has 1 saturated heterocycles. The first-order chi connectivity index (χ1) is 8.62. The van der Waals surface area contributed by atoms with Crippen LogP contribution < -0.4 is 0 Å². The molecule has 1 spiro atoms. The minimum absolute atomic E-state index is 0.342. The van der Waals surface area contributed by atoms with Crippen molar-refractivity contribution in [3.05, 3.63) is 0 Å². The molecule has 2 aliphatic rings. The van der Waals surface area contributed by atoms with Crippen LogP contribution in [0.25, 0.3) is 0 Å². The van der Waals surface area contributed by atoms with E-state index in [1.165, 1.54) is 44.5 Å². The highest BCUT2D eigenvalue weighted by molar-refractivity contribution is 8.00. The van der Waals surface area contributed by atoms with Gasteiger partial charge < -0.3 is 0 Å². The van der Waals surface area contributed by atoms with E-state index in [2.05, 4.69) is 58.2 Å². The second-order valence-electron chi connectivity index (χ2n) is 8.76. The zero-order valence-corrected chi connectivity index (χ0v) is 14.7. The highest BCUT2D eigenvalue weighted by atomic mass is 32.2. The first kappa shape index (κ1) is 15.7. The molecule has 2 rings (SSSR count). The summed E-state index contributed by atoms with van der Waals surface area (Å²) in [6, 6.07) is 0. The minimum atomic E-state index is 0.342. The van der Waals surface area contributed by atoms with Gasteiger partial charge in [-0.15, -0.1) is 0 Å². The van der Waals surface area contributed by atoms with Gasteiger partial charge in [0, 0.05) is 29.1 Å². The van der Waals surface area contributed by atoms with Crippen molar-refractivity contribution in [1.29, 1.82) is 0 Å². The van der Waals surface area contributed by atoms with E-state index in [1.54, 1.807) is 0 Å². The molecule has 1 saturated carbocycles. The Labute approximate surface area is 124 Å². The first-order valence-electron chi connectivity index (χ1n) is 8.01. The highest BCUT2D eigenvalue weighted by Crippen LogP contribution is 2.49. The Kier molecular flexibility index (Phi) is 4.34. The molecule has 1 aliphatic carbocycles. The molecule has 0 aromatic heterocycles. The molecule has 19 heavy (non-hydrogen) atoms. The standard InChI is InChI=1S/C17H33NS/c1-15(2,3)14-7-9-17(10-8-14)13-18(11-12-19-17)16(4,5)6/h14H,7-13H2,1-6H3.